The van der Waals surface area contributed by atoms with Crippen molar-refractivity contribution in [2.75, 3.05) is 72.5 Å². The molecule has 0 saturated carbocycles. The SMILES string of the molecule is [B]CC(=O)N(CCNC(=O)CN(CCN(CCC)C(=O)CN(CCNC)C(=O)C[B])C(=O)C[B])CC(C)=O. The van der Waals surface area contributed by atoms with E-state index in [1.165, 1.54) is 26.5 Å². The number of carbonyl (C=O) groups excluding carboxylic acids is 6. The minimum atomic E-state index is -0.491. The van der Waals surface area contributed by atoms with Crippen LogP contribution in [-0.4, -0.2) is 151 Å². The Hall–Kier alpha value is -2.83. The summed E-state index contributed by atoms with van der Waals surface area (Å²) in [5.74, 6) is -2.26. The Morgan fingerprint density at radius 1 is 0.605 bits per heavy atom. The number of hydrogen-bond acceptors (Lipinski definition) is 7. The quantitative estimate of drug-likeness (QED) is 0.165. The zero-order valence-electron chi connectivity index (χ0n) is 22.9. The standard InChI is InChI=1S/C23H39B3N6O6/c1-4-7-29(23(38)17-31(8-5-27-3)21(36)13-25)10-11-32(22(37)14-26)16-19(34)28-6-9-30(15-18(2)33)20(35)12-24/h27H,4-17H2,1-3H3,(H,28,34). The Morgan fingerprint density at radius 3 is 1.55 bits per heavy atom. The summed E-state index contributed by atoms with van der Waals surface area (Å²) < 4.78 is 0. The molecule has 15 heteroatoms. The minimum absolute atomic E-state index is 0.0542. The van der Waals surface area contributed by atoms with Gasteiger partial charge in [-0.3, -0.25) is 28.8 Å². The summed E-state index contributed by atoms with van der Waals surface area (Å²) in [6.07, 6.45) is -0.155. The van der Waals surface area contributed by atoms with Crippen molar-refractivity contribution in [1.82, 2.24) is 30.2 Å². The number of carbonyl (C=O) groups is 6. The van der Waals surface area contributed by atoms with Crippen LogP contribution >= 0.6 is 0 Å². The van der Waals surface area contributed by atoms with Crippen LogP contribution in [0.5, 0.6) is 0 Å². The smallest absolute Gasteiger partial charge is 0.242 e. The zero-order chi connectivity index (χ0) is 29.1. The van der Waals surface area contributed by atoms with Crippen LogP contribution in [0.3, 0.4) is 0 Å². The first-order valence-corrected chi connectivity index (χ1v) is 12.7. The lowest BCUT2D eigenvalue weighted by atomic mass is 10.0. The van der Waals surface area contributed by atoms with Crippen LogP contribution in [0, 0.1) is 0 Å². The molecule has 38 heavy (non-hydrogen) atoms. The van der Waals surface area contributed by atoms with E-state index in [1.54, 1.807) is 7.05 Å². The third kappa shape index (κ3) is 14.2. The molecule has 0 aliphatic carbocycles. The highest BCUT2D eigenvalue weighted by molar-refractivity contribution is 6.20. The molecule has 5 amide bonds. The van der Waals surface area contributed by atoms with Gasteiger partial charge < -0.3 is 30.2 Å². The highest BCUT2D eigenvalue weighted by Crippen LogP contribution is 2.02. The molecule has 0 saturated heterocycles. The van der Waals surface area contributed by atoms with E-state index >= 15 is 0 Å². The van der Waals surface area contributed by atoms with Gasteiger partial charge >= 0.3 is 0 Å². The molecule has 6 radical (unpaired) electrons. The van der Waals surface area contributed by atoms with Crippen LogP contribution in [0.25, 0.3) is 0 Å². The normalized spacial score (nSPS) is 10.4. The largest absolute Gasteiger partial charge is 0.353 e. The Kier molecular flexibility index (Phi) is 18.7. The van der Waals surface area contributed by atoms with Crippen molar-refractivity contribution in [3.63, 3.8) is 0 Å². The van der Waals surface area contributed by atoms with Gasteiger partial charge in [0.05, 0.1) is 43.2 Å². The van der Waals surface area contributed by atoms with E-state index in [1.807, 2.05) is 6.92 Å². The number of Topliss-reactive ketones (excluding diaryl/α,β-unsaturated/α-hetero) is 1. The lowest BCUT2D eigenvalue weighted by Crippen LogP contribution is -2.49. The maximum Gasteiger partial charge on any atom is 0.242 e. The molecule has 0 bridgehead atoms. The second-order valence-corrected chi connectivity index (χ2v) is 8.59. The van der Waals surface area contributed by atoms with Crippen LogP contribution in [-0.2, 0) is 28.8 Å². The van der Waals surface area contributed by atoms with Gasteiger partial charge in [-0.05, 0) is 39.4 Å². The summed E-state index contributed by atoms with van der Waals surface area (Å²) in [7, 11) is 18.1. The highest BCUT2D eigenvalue weighted by Gasteiger charge is 2.22. The number of ketones is 1. The molecular formula is C23H39B3N6O6. The van der Waals surface area contributed by atoms with Crippen molar-refractivity contribution in [3.05, 3.63) is 0 Å². The molecule has 0 spiro atoms. The minimum Gasteiger partial charge on any atom is -0.353 e. The average Bonchev–Trinajstić information content (AvgIpc) is 2.89. The molecule has 12 nitrogen and oxygen atoms in total. The molecule has 0 heterocycles. The van der Waals surface area contributed by atoms with Crippen molar-refractivity contribution < 1.29 is 28.8 Å². The molecule has 0 atom stereocenters. The summed E-state index contributed by atoms with van der Waals surface area (Å²) in [6.45, 7) is 4.20. The Morgan fingerprint density at radius 2 is 1.08 bits per heavy atom. The third-order valence-corrected chi connectivity index (χ3v) is 5.48. The molecular weight excluding hydrogens is 489 g/mol. The van der Waals surface area contributed by atoms with Gasteiger partial charge in [0.15, 0.2) is 0 Å². The van der Waals surface area contributed by atoms with E-state index in [0.717, 1.165) is 0 Å². The topological polar surface area (TPSA) is 139 Å². The van der Waals surface area contributed by atoms with Crippen LogP contribution in [0.2, 0.25) is 19.0 Å². The summed E-state index contributed by atoms with van der Waals surface area (Å²) in [4.78, 5) is 78.6. The number of likely N-dealkylation sites (N-methyl/N-ethyl adjacent to an activating group) is 1. The fraction of sp³-hybridized carbons (Fsp3) is 0.739. The predicted octanol–water partition coefficient (Wildman–Crippen LogP) is -2.60. The van der Waals surface area contributed by atoms with Gasteiger partial charge in [-0.15, -0.1) is 0 Å². The Bertz CT molecular complexity index is 804. The van der Waals surface area contributed by atoms with E-state index in [4.69, 9.17) is 23.5 Å². The van der Waals surface area contributed by atoms with Gasteiger partial charge in [-0.2, -0.15) is 0 Å². The third-order valence-electron chi connectivity index (χ3n) is 5.48. The molecule has 206 valence electrons. The van der Waals surface area contributed by atoms with Crippen LogP contribution in [0.15, 0.2) is 0 Å². The summed E-state index contributed by atoms with van der Waals surface area (Å²) in [5, 5.41) is 5.54. The van der Waals surface area contributed by atoms with Crippen LogP contribution in [0.1, 0.15) is 20.3 Å². The van der Waals surface area contributed by atoms with Crippen molar-refractivity contribution in [2.45, 2.75) is 39.2 Å². The molecule has 2 N–H and O–H groups in total. The highest BCUT2D eigenvalue weighted by atomic mass is 16.2. The molecule has 0 aliphatic heterocycles. The van der Waals surface area contributed by atoms with E-state index < -0.39 is 17.7 Å². The van der Waals surface area contributed by atoms with Crippen molar-refractivity contribution in [2.24, 2.45) is 0 Å². The van der Waals surface area contributed by atoms with Gasteiger partial charge in [0.2, 0.25) is 29.5 Å². The molecule has 0 unspecified atom stereocenters. The Labute approximate surface area is 229 Å². The van der Waals surface area contributed by atoms with Crippen molar-refractivity contribution in [1.29, 1.82) is 0 Å². The van der Waals surface area contributed by atoms with Gasteiger partial charge in [-0.1, -0.05) is 6.92 Å². The molecule has 0 rings (SSSR count). The maximum absolute atomic E-state index is 13.0. The van der Waals surface area contributed by atoms with Gasteiger partial charge in [0, 0.05) is 45.8 Å². The van der Waals surface area contributed by atoms with Gasteiger partial charge in [0.25, 0.3) is 0 Å². The number of nitrogens with zero attached hydrogens (tertiary/aromatic N) is 4. The molecule has 0 fully saturated rings. The van der Waals surface area contributed by atoms with E-state index in [-0.39, 0.29) is 82.4 Å². The van der Waals surface area contributed by atoms with E-state index in [2.05, 4.69) is 10.6 Å². The van der Waals surface area contributed by atoms with E-state index in [9.17, 15) is 28.8 Å². The fourth-order valence-corrected chi connectivity index (χ4v) is 3.47. The number of amides is 5. The van der Waals surface area contributed by atoms with E-state index in [0.29, 0.717) is 26.1 Å². The first kappa shape index (κ1) is 35.2. The number of nitrogens with one attached hydrogen (secondary N) is 2. The first-order chi connectivity index (χ1) is 18.0. The second-order valence-electron chi connectivity index (χ2n) is 8.59. The monoisotopic (exact) mass is 528 g/mol. The first-order valence-electron chi connectivity index (χ1n) is 12.7. The van der Waals surface area contributed by atoms with Crippen LogP contribution < -0.4 is 10.6 Å². The number of rotatable bonds is 20. The van der Waals surface area contributed by atoms with Gasteiger partial charge in [-0.25, -0.2) is 0 Å². The second kappa shape index (κ2) is 20.2. The van der Waals surface area contributed by atoms with Crippen LogP contribution in [0.4, 0.5) is 0 Å². The molecule has 0 aromatic rings. The maximum atomic E-state index is 13.0. The van der Waals surface area contributed by atoms with Crippen molar-refractivity contribution >= 4 is 58.9 Å². The molecule has 0 aliphatic rings. The summed E-state index contributed by atoms with van der Waals surface area (Å²) in [6, 6.07) is 0. The summed E-state index contributed by atoms with van der Waals surface area (Å²) in [5.41, 5.74) is 0. The number of hydrogen-bond donors (Lipinski definition) is 2. The lowest BCUT2D eigenvalue weighted by Gasteiger charge is -2.30. The lowest BCUT2D eigenvalue weighted by molar-refractivity contribution is -0.140. The molecule has 0 aromatic heterocycles. The fourth-order valence-electron chi connectivity index (χ4n) is 3.47. The van der Waals surface area contributed by atoms with Crippen molar-refractivity contribution in [3.8, 4) is 0 Å². The predicted molar refractivity (Wildman–Crippen MR) is 146 cm³/mol. The average molecular weight is 528 g/mol. The zero-order valence-corrected chi connectivity index (χ0v) is 22.9. The summed E-state index contributed by atoms with van der Waals surface area (Å²) >= 11 is 0. The van der Waals surface area contributed by atoms with Gasteiger partial charge in [0.1, 0.15) is 5.78 Å². The Balaban J connectivity index is 5.13. The molecule has 0 aromatic carbocycles.